The number of amides is 1. The van der Waals surface area contributed by atoms with Gasteiger partial charge in [0.2, 0.25) is 0 Å². The lowest BCUT2D eigenvalue weighted by Gasteiger charge is -2.15. The number of esters is 1. The van der Waals surface area contributed by atoms with Crippen LogP contribution in [0.25, 0.3) is 0 Å². The average molecular weight is 398 g/mol. The molecule has 0 aromatic heterocycles. The SMILES string of the molecule is COC(=O)c1ccc(Nc2ccc(C(=O)NC(C)C)cc2)c(/C(N)=N/N(C)N)c1. The summed E-state index contributed by atoms with van der Waals surface area (Å²) in [4.78, 5) is 23.9. The summed E-state index contributed by atoms with van der Waals surface area (Å²) >= 11 is 0. The second-order valence-electron chi connectivity index (χ2n) is 6.64. The third-order valence-corrected chi connectivity index (χ3v) is 3.83. The fourth-order valence-corrected chi connectivity index (χ4v) is 2.54. The Bertz CT molecular complexity index is 907. The number of methoxy groups -OCH3 is 1. The van der Waals surface area contributed by atoms with Gasteiger partial charge in [-0.25, -0.2) is 15.8 Å². The highest BCUT2D eigenvalue weighted by atomic mass is 16.5. The van der Waals surface area contributed by atoms with Crippen LogP contribution in [0, 0.1) is 0 Å². The Morgan fingerprint density at radius 3 is 2.28 bits per heavy atom. The molecule has 0 fully saturated rings. The van der Waals surface area contributed by atoms with E-state index < -0.39 is 5.97 Å². The predicted molar refractivity (Wildman–Crippen MR) is 113 cm³/mol. The zero-order valence-corrected chi connectivity index (χ0v) is 16.9. The molecule has 0 heterocycles. The number of ether oxygens (including phenoxy) is 1. The summed E-state index contributed by atoms with van der Waals surface area (Å²) in [5, 5.41) is 11.1. The maximum atomic E-state index is 12.1. The molecule has 2 rings (SSSR count). The van der Waals surface area contributed by atoms with Gasteiger partial charge in [-0.15, -0.1) is 5.10 Å². The van der Waals surface area contributed by atoms with E-state index in [1.807, 2.05) is 13.8 Å². The van der Waals surface area contributed by atoms with Gasteiger partial charge in [0.25, 0.3) is 5.91 Å². The number of nitrogens with zero attached hydrogens (tertiary/aromatic N) is 2. The fraction of sp³-hybridized carbons (Fsp3) is 0.250. The van der Waals surface area contributed by atoms with E-state index in [9.17, 15) is 9.59 Å². The molecule has 0 bridgehead atoms. The molecule has 154 valence electrons. The van der Waals surface area contributed by atoms with Crippen LogP contribution in [0.1, 0.15) is 40.1 Å². The van der Waals surface area contributed by atoms with Crippen LogP contribution in [0.2, 0.25) is 0 Å². The van der Waals surface area contributed by atoms with Gasteiger partial charge in [0.1, 0.15) is 0 Å². The van der Waals surface area contributed by atoms with Crippen molar-refractivity contribution in [1.29, 1.82) is 0 Å². The summed E-state index contributed by atoms with van der Waals surface area (Å²) in [6.07, 6.45) is 0. The second-order valence-corrected chi connectivity index (χ2v) is 6.64. The van der Waals surface area contributed by atoms with E-state index in [1.54, 1.807) is 42.5 Å². The minimum atomic E-state index is -0.493. The molecule has 0 radical (unpaired) electrons. The minimum absolute atomic E-state index is 0.0547. The Labute approximate surface area is 169 Å². The Kier molecular flexibility index (Phi) is 7.15. The zero-order valence-electron chi connectivity index (χ0n) is 16.9. The Morgan fingerprint density at radius 2 is 1.72 bits per heavy atom. The van der Waals surface area contributed by atoms with Crippen LogP contribution in [0.15, 0.2) is 47.6 Å². The van der Waals surface area contributed by atoms with E-state index in [0.29, 0.717) is 22.4 Å². The summed E-state index contributed by atoms with van der Waals surface area (Å²) in [7, 11) is 2.83. The first-order chi connectivity index (χ1) is 13.7. The number of rotatable bonds is 7. The van der Waals surface area contributed by atoms with Gasteiger partial charge < -0.3 is 21.1 Å². The lowest BCUT2D eigenvalue weighted by molar-refractivity contribution is 0.0600. The molecule has 9 nitrogen and oxygen atoms in total. The molecular formula is C20H26N6O3. The van der Waals surface area contributed by atoms with Gasteiger partial charge in [-0.1, -0.05) is 0 Å². The molecule has 0 aliphatic rings. The van der Waals surface area contributed by atoms with Gasteiger partial charge in [-0.05, 0) is 56.3 Å². The van der Waals surface area contributed by atoms with Crippen LogP contribution in [0.3, 0.4) is 0 Å². The molecule has 29 heavy (non-hydrogen) atoms. The highest BCUT2D eigenvalue weighted by molar-refractivity contribution is 6.05. The van der Waals surface area contributed by atoms with E-state index in [0.717, 1.165) is 10.8 Å². The van der Waals surface area contributed by atoms with Crippen molar-refractivity contribution < 1.29 is 14.3 Å². The molecule has 9 heteroatoms. The maximum absolute atomic E-state index is 12.1. The van der Waals surface area contributed by atoms with E-state index in [-0.39, 0.29) is 17.8 Å². The van der Waals surface area contributed by atoms with Gasteiger partial charge in [0.15, 0.2) is 5.84 Å². The molecule has 0 spiro atoms. The van der Waals surface area contributed by atoms with Crippen molar-refractivity contribution in [3.8, 4) is 0 Å². The molecule has 6 N–H and O–H groups in total. The molecule has 0 atom stereocenters. The molecule has 0 aliphatic heterocycles. The predicted octanol–water partition coefficient (Wildman–Crippen LogP) is 1.78. The smallest absolute Gasteiger partial charge is 0.337 e. The van der Waals surface area contributed by atoms with Crippen molar-refractivity contribution in [3.05, 3.63) is 59.2 Å². The molecule has 2 aromatic carbocycles. The van der Waals surface area contributed by atoms with E-state index in [1.165, 1.54) is 14.2 Å². The van der Waals surface area contributed by atoms with Crippen molar-refractivity contribution in [2.24, 2.45) is 16.7 Å². The highest BCUT2D eigenvalue weighted by Crippen LogP contribution is 2.23. The standard InChI is InChI=1S/C20H26N6O3/c1-12(2)23-19(27)13-5-8-15(9-6-13)24-17-10-7-14(20(28)29-4)11-16(17)18(21)25-26(3)22/h5-12,24H,22H2,1-4H3,(H2,21,25)(H,23,27). The monoisotopic (exact) mass is 398 g/mol. The van der Waals surface area contributed by atoms with Crippen LogP contribution in [0.5, 0.6) is 0 Å². The van der Waals surface area contributed by atoms with Crippen LogP contribution in [0.4, 0.5) is 11.4 Å². The Hall–Kier alpha value is -3.59. The molecule has 1 amide bonds. The van der Waals surface area contributed by atoms with Gasteiger partial charge in [-0.3, -0.25) is 4.79 Å². The molecule has 0 unspecified atom stereocenters. The fourth-order valence-electron chi connectivity index (χ4n) is 2.54. The summed E-state index contributed by atoms with van der Waals surface area (Å²) < 4.78 is 4.76. The molecule has 0 saturated carbocycles. The number of nitrogens with two attached hydrogens (primary N) is 2. The number of carbonyl (C=O) groups is 2. The highest BCUT2D eigenvalue weighted by Gasteiger charge is 2.14. The molecule has 0 aliphatic carbocycles. The third-order valence-electron chi connectivity index (χ3n) is 3.83. The van der Waals surface area contributed by atoms with Crippen molar-refractivity contribution in [2.45, 2.75) is 19.9 Å². The average Bonchev–Trinajstić information content (AvgIpc) is 2.67. The Balaban J connectivity index is 2.34. The van der Waals surface area contributed by atoms with Gasteiger partial charge in [0.05, 0.1) is 12.7 Å². The number of amidine groups is 1. The first-order valence-corrected chi connectivity index (χ1v) is 8.94. The third kappa shape index (κ3) is 5.94. The number of hydrazone groups is 1. The van der Waals surface area contributed by atoms with E-state index in [2.05, 4.69) is 15.7 Å². The lowest BCUT2D eigenvalue weighted by atomic mass is 10.1. The quantitative estimate of drug-likeness (QED) is 0.184. The maximum Gasteiger partial charge on any atom is 0.337 e. The molecule has 2 aromatic rings. The molecular weight excluding hydrogens is 372 g/mol. The number of carbonyl (C=O) groups excluding carboxylic acids is 2. The number of anilines is 2. The number of hydrogen-bond donors (Lipinski definition) is 4. The normalized spacial score (nSPS) is 11.2. The van der Waals surface area contributed by atoms with Crippen molar-refractivity contribution >= 4 is 29.1 Å². The van der Waals surface area contributed by atoms with E-state index in [4.69, 9.17) is 16.3 Å². The number of hydrazine groups is 1. The minimum Gasteiger partial charge on any atom is -0.465 e. The summed E-state index contributed by atoms with van der Waals surface area (Å²) in [6.45, 7) is 3.80. The van der Waals surface area contributed by atoms with Crippen LogP contribution < -0.4 is 22.2 Å². The number of benzene rings is 2. The van der Waals surface area contributed by atoms with Crippen molar-refractivity contribution in [2.75, 3.05) is 19.5 Å². The first kappa shape index (κ1) is 21.7. The second kappa shape index (κ2) is 9.56. The van der Waals surface area contributed by atoms with Gasteiger partial charge in [-0.2, -0.15) is 0 Å². The van der Waals surface area contributed by atoms with Crippen molar-refractivity contribution in [3.63, 3.8) is 0 Å². The first-order valence-electron chi connectivity index (χ1n) is 8.94. The van der Waals surface area contributed by atoms with Gasteiger partial charge >= 0.3 is 5.97 Å². The molecule has 0 saturated heterocycles. The van der Waals surface area contributed by atoms with Gasteiger partial charge in [0, 0.05) is 35.6 Å². The lowest BCUT2D eigenvalue weighted by Crippen LogP contribution is -2.29. The Morgan fingerprint density at radius 1 is 1.10 bits per heavy atom. The number of hydrogen-bond acceptors (Lipinski definition) is 7. The topological polar surface area (TPSA) is 135 Å². The number of nitrogens with one attached hydrogen (secondary N) is 2. The summed E-state index contributed by atoms with van der Waals surface area (Å²) in [6, 6.07) is 11.9. The largest absolute Gasteiger partial charge is 0.465 e. The summed E-state index contributed by atoms with van der Waals surface area (Å²) in [5.41, 5.74) is 8.75. The van der Waals surface area contributed by atoms with Crippen LogP contribution >= 0.6 is 0 Å². The zero-order chi connectivity index (χ0) is 21.6. The van der Waals surface area contributed by atoms with Crippen LogP contribution in [-0.4, -0.2) is 43.0 Å². The van der Waals surface area contributed by atoms with Crippen molar-refractivity contribution in [1.82, 2.24) is 10.4 Å². The van der Waals surface area contributed by atoms with E-state index >= 15 is 0 Å². The summed E-state index contributed by atoms with van der Waals surface area (Å²) in [5.74, 6) is 5.04. The van der Waals surface area contributed by atoms with Crippen LogP contribution in [-0.2, 0) is 4.74 Å².